The standard InChI is InChI=1S/C13H15NO2/c1-13(12(15)16,14-9-5-6-10-14)11-7-3-2-4-8-11/h2-8H,9-10H2,1H3,(H,15,16). The molecule has 3 nitrogen and oxygen atoms in total. The first-order valence-electron chi connectivity index (χ1n) is 5.34. The summed E-state index contributed by atoms with van der Waals surface area (Å²) < 4.78 is 0. The lowest BCUT2D eigenvalue weighted by molar-refractivity contribution is -0.150. The van der Waals surface area contributed by atoms with Crippen LogP contribution in [0.2, 0.25) is 0 Å². The number of carbonyl (C=O) groups is 1. The van der Waals surface area contributed by atoms with E-state index in [9.17, 15) is 9.90 Å². The van der Waals surface area contributed by atoms with Crippen LogP contribution in [0.3, 0.4) is 0 Å². The Morgan fingerprint density at radius 2 is 1.81 bits per heavy atom. The van der Waals surface area contributed by atoms with Gasteiger partial charge < -0.3 is 5.11 Å². The average Bonchev–Trinajstić information content (AvgIpc) is 2.82. The molecule has 0 fully saturated rings. The van der Waals surface area contributed by atoms with E-state index in [-0.39, 0.29) is 0 Å². The van der Waals surface area contributed by atoms with Gasteiger partial charge in [0.25, 0.3) is 0 Å². The summed E-state index contributed by atoms with van der Waals surface area (Å²) in [5.74, 6) is -0.803. The Labute approximate surface area is 95.0 Å². The fourth-order valence-corrected chi connectivity index (χ4v) is 2.05. The molecule has 1 aliphatic heterocycles. The first-order chi connectivity index (χ1) is 7.65. The van der Waals surface area contributed by atoms with Gasteiger partial charge in [-0.25, -0.2) is 4.79 Å². The Kier molecular flexibility index (Phi) is 2.79. The predicted molar refractivity (Wildman–Crippen MR) is 62.1 cm³/mol. The molecule has 1 unspecified atom stereocenters. The highest BCUT2D eigenvalue weighted by atomic mass is 16.4. The molecule has 0 amide bonds. The zero-order valence-electron chi connectivity index (χ0n) is 9.26. The Morgan fingerprint density at radius 3 is 2.31 bits per heavy atom. The van der Waals surface area contributed by atoms with Gasteiger partial charge in [0.2, 0.25) is 0 Å². The number of carboxylic acids is 1. The summed E-state index contributed by atoms with van der Waals surface area (Å²) in [6.45, 7) is 3.15. The van der Waals surface area contributed by atoms with E-state index in [4.69, 9.17) is 0 Å². The minimum Gasteiger partial charge on any atom is -0.480 e. The van der Waals surface area contributed by atoms with Crippen molar-refractivity contribution in [3.05, 3.63) is 48.0 Å². The van der Waals surface area contributed by atoms with Gasteiger partial charge >= 0.3 is 5.97 Å². The van der Waals surface area contributed by atoms with Gasteiger partial charge in [-0.2, -0.15) is 0 Å². The SMILES string of the molecule is CC(C(=O)O)(c1ccccc1)N1CC=CC1. The Morgan fingerprint density at radius 1 is 1.25 bits per heavy atom. The Balaban J connectivity index is 2.39. The maximum atomic E-state index is 11.5. The van der Waals surface area contributed by atoms with Gasteiger partial charge in [0.05, 0.1) is 0 Å². The molecule has 16 heavy (non-hydrogen) atoms. The smallest absolute Gasteiger partial charge is 0.328 e. The highest BCUT2D eigenvalue weighted by Crippen LogP contribution is 2.29. The van der Waals surface area contributed by atoms with Crippen LogP contribution in [0.25, 0.3) is 0 Å². The highest BCUT2D eigenvalue weighted by molar-refractivity contribution is 5.80. The van der Waals surface area contributed by atoms with E-state index in [2.05, 4.69) is 0 Å². The van der Waals surface area contributed by atoms with Crippen molar-refractivity contribution in [2.75, 3.05) is 13.1 Å². The minimum atomic E-state index is -0.940. The molecule has 0 spiro atoms. The van der Waals surface area contributed by atoms with Crippen LogP contribution in [-0.4, -0.2) is 29.1 Å². The molecule has 84 valence electrons. The number of aliphatic carboxylic acids is 1. The summed E-state index contributed by atoms with van der Waals surface area (Å²) in [5, 5.41) is 9.48. The van der Waals surface area contributed by atoms with Crippen molar-refractivity contribution < 1.29 is 9.90 Å². The van der Waals surface area contributed by atoms with Crippen molar-refractivity contribution in [2.45, 2.75) is 12.5 Å². The molecule has 0 saturated heterocycles. The zero-order valence-corrected chi connectivity index (χ0v) is 9.26. The summed E-state index contributed by atoms with van der Waals surface area (Å²) >= 11 is 0. The van der Waals surface area contributed by atoms with Crippen LogP contribution in [0.5, 0.6) is 0 Å². The van der Waals surface area contributed by atoms with Crippen molar-refractivity contribution in [3.8, 4) is 0 Å². The van der Waals surface area contributed by atoms with Gasteiger partial charge in [-0.15, -0.1) is 0 Å². The van der Waals surface area contributed by atoms with Gasteiger partial charge in [-0.05, 0) is 12.5 Å². The zero-order chi connectivity index (χ0) is 11.6. The van der Waals surface area contributed by atoms with Crippen molar-refractivity contribution in [1.29, 1.82) is 0 Å². The van der Waals surface area contributed by atoms with Gasteiger partial charge in [-0.3, -0.25) is 4.90 Å². The van der Waals surface area contributed by atoms with Crippen molar-refractivity contribution in [1.82, 2.24) is 4.90 Å². The van der Waals surface area contributed by atoms with E-state index in [1.165, 1.54) is 0 Å². The van der Waals surface area contributed by atoms with Gasteiger partial charge in [-0.1, -0.05) is 42.5 Å². The first kappa shape index (κ1) is 10.9. The molecule has 1 aromatic rings. The lowest BCUT2D eigenvalue weighted by atomic mass is 9.90. The fourth-order valence-electron chi connectivity index (χ4n) is 2.05. The van der Waals surface area contributed by atoms with Gasteiger partial charge in [0.15, 0.2) is 0 Å². The topological polar surface area (TPSA) is 40.5 Å². The summed E-state index contributed by atoms with van der Waals surface area (Å²) in [6.07, 6.45) is 4.01. The molecule has 1 atom stereocenters. The maximum Gasteiger partial charge on any atom is 0.328 e. The number of hydrogen-bond donors (Lipinski definition) is 1. The first-order valence-corrected chi connectivity index (χ1v) is 5.34. The lowest BCUT2D eigenvalue weighted by Gasteiger charge is -2.35. The lowest BCUT2D eigenvalue weighted by Crippen LogP contribution is -2.48. The second kappa shape index (κ2) is 4.10. The molecule has 2 rings (SSSR count). The molecule has 1 heterocycles. The van der Waals surface area contributed by atoms with E-state index in [0.717, 1.165) is 5.56 Å². The number of benzene rings is 1. The summed E-state index contributed by atoms with van der Waals surface area (Å²) in [4.78, 5) is 13.5. The molecule has 0 aliphatic carbocycles. The fraction of sp³-hybridized carbons (Fsp3) is 0.308. The van der Waals surface area contributed by atoms with Crippen LogP contribution < -0.4 is 0 Å². The monoisotopic (exact) mass is 217 g/mol. The summed E-state index contributed by atoms with van der Waals surface area (Å²) in [6, 6.07) is 9.38. The Hall–Kier alpha value is -1.61. The predicted octanol–water partition coefficient (Wildman–Crippen LogP) is 1.86. The molecule has 0 saturated carbocycles. The second-order valence-electron chi connectivity index (χ2n) is 4.12. The van der Waals surface area contributed by atoms with E-state index in [0.29, 0.717) is 13.1 Å². The second-order valence-corrected chi connectivity index (χ2v) is 4.12. The third-order valence-electron chi connectivity index (χ3n) is 3.20. The summed E-state index contributed by atoms with van der Waals surface area (Å²) in [7, 11) is 0. The van der Waals surface area contributed by atoms with E-state index < -0.39 is 11.5 Å². The molecule has 1 aromatic carbocycles. The van der Waals surface area contributed by atoms with E-state index in [1.807, 2.05) is 47.4 Å². The number of hydrogen-bond acceptors (Lipinski definition) is 2. The third-order valence-corrected chi connectivity index (χ3v) is 3.20. The van der Waals surface area contributed by atoms with E-state index >= 15 is 0 Å². The van der Waals surface area contributed by atoms with E-state index in [1.54, 1.807) is 6.92 Å². The largest absolute Gasteiger partial charge is 0.480 e. The van der Waals surface area contributed by atoms with Crippen molar-refractivity contribution in [3.63, 3.8) is 0 Å². The molecule has 0 radical (unpaired) electrons. The number of rotatable bonds is 3. The van der Waals surface area contributed by atoms with Crippen LogP contribution in [0.1, 0.15) is 12.5 Å². The molecule has 1 aliphatic rings. The summed E-state index contributed by atoms with van der Waals surface area (Å²) in [5.41, 5.74) is -0.115. The van der Waals surface area contributed by atoms with Crippen LogP contribution in [0.15, 0.2) is 42.5 Å². The molecule has 0 bridgehead atoms. The maximum absolute atomic E-state index is 11.5. The van der Waals surface area contributed by atoms with Crippen LogP contribution in [0.4, 0.5) is 0 Å². The number of nitrogens with zero attached hydrogens (tertiary/aromatic N) is 1. The molecule has 1 N–H and O–H groups in total. The van der Waals surface area contributed by atoms with Crippen LogP contribution >= 0.6 is 0 Å². The van der Waals surface area contributed by atoms with Crippen molar-refractivity contribution >= 4 is 5.97 Å². The van der Waals surface area contributed by atoms with Gasteiger partial charge in [0, 0.05) is 13.1 Å². The molecule has 0 aromatic heterocycles. The normalized spacial score (nSPS) is 19.6. The molecular weight excluding hydrogens is 202 g/mol. The van der Waals surface area contributed by atoms with Crippen LogP contribution in [0, 0.1) is 0 Å². The van der Waals surface area contributed by atoms with Gasteiger partial charge in [0.1, 0.15) is 5.54 Å². The average molecular weight is 217 g/mol. The molecule has 3 heteroatoms. The Bertz CT molecular complexity index is 405. The van der Waals surface area contributed by atoms with Crippen molar-refractivity contribution in [2.24, 2.45) is 0 Å². The quantitative estimate of drug-likeness (QED) is 0.786. The third kappa shape index (κ3) is 1.63. The molecular formula is C13H15NO2. The number of carboxylic acid groups (broad SMARTS) is 1. The minimum absolute atomic E-state index is 0.692. The highest BCUT2D eigenvalue weighted by Gasteiger charge is 2.41. The van der Waals surface area contributed by atoms with Crippen LogP contribution in [-0.2, 0) is 10.3 Å².